The van der Waals surface area contributed by atoms with Gasteiger partial charge in [-0.15, -0.1) is 0 Å². The highest BCUT2D eigenvalue weighted by Gasteiger charge is 2.52. The molecule has 0 saturated heterocycles. The largest absolute Gasteiger partial charge is 0.533 e. The average Bonchev–Trinajstić information content (AvgIpc) is 2.68. The molecule has 0 bridgehead atoms. The Morgan fingerprint density at radius 3 is 1.75 bits per heavy atom. The maximum absolute atomic E-state index is 9.70. The molecule has 0 unspecified atom stereocenters. The van der Waals surface area contributed by atoms with Gasteiger partial charge in [0.2, 0.25) is 0 Å². The molecule has 1 N–H and O–H groups in total. The zero-order valence-corrected chi connectivity index (χ0v) is 18.8. The Kier molecular flexibility index (Phi) is 6.21. The zero-order chi connectivity index (χ0) is 20.4. The highest BCUT2D eigenvalue weighted by atomic mass is 35.5. The Bertz CT molecular complexity index is 899. The molecule has 0 aliphatic rings. The van der Waals surface area contributed by atoms with Gasteiger partial charge >= 0.3 is 8.32 Å². The number of benzene rings is 3. The van der Waals surface area contributed by atoms with E-state index >= 15 is 0 Å². The van der Waals surface area contributed by atoms with Crippen molar-refractivity contribution in [1.82, 2.24) is 0 Å². The summed E-state index contributed by atoms with van der Waals surface area (Å²) < 4.78 is 6.90. The zero-order valence-electron chi connectivity index (χ0n) is 16.2. The van der Waals surface area contributed by atoms with Gasteiger partial charge in [-0.25, -0.2) is 0 Å². The minimum atomic E-state index is -2.78. The fourth-order valence-corrected chi connectivity index (χ4v) is 8.64. The first kappa shape index (κ1) is 20.9. The second kappa shape index (κ2) is 8.30. The smallest absolute Gasteiger partial charge is 0.320 e. The topological polar surface area (TPSA) is 29.5 Å². The van der Waals surface area contributed by atoms with Crippen molar-refractivity contribution in [2.24, 2.45) is 0 Å². The van der Waals surface area contributed by atoms with E-state index in [1.807, 2.05) is 36.4 Å². The van der Waals surface area contributed by atoms with Crippen molar-refractivity contribution in [3.05, 3.63) is 88.4 Å². The molecule has 3 aromatic carbocycles. The molecule has 0 fully saturated rings. The number of rotatable bonds is 5. The van der Waals surface area contributed by atoms with Gasteiger partial charge in [-0.1, -0.05) is 105 Å². The first-order valence-electron chi connectivity index (χ1n) is 9.19. The molecule has 0 aliphatic carbocycles. The average molecular weight is 431 g/mol. The van der Waals surface area contributed by atoms with E-state index in [-0.39, 0.29) is 11.6 Å². The fraction of sp³-hybridized carbons (Fsp3) is 0.217. The van der Waals surface area contributed by atoms with Gasteiger partial charge in [0.05, 0.1) is 11.6 Å². The van der Waals surface area contributed by atoms with Gasteiger partial charge in [-0.05, 0) is 27.5 Å². The van der Waals surface area contributed by atoms with Crippen LogP contribution >= 0.6 is 23.2 Å². The SMILES string of the molecule is CC(C)(C)[Si](Oc1ccc(Cl)c(CO)c1Cl)(c1ccccc1)c1ccccc1. The molecular weight excluding hydrogens is 407 g/mol. The van der Waals surface area contributed by atoms with Crippen molar-refractivity contribution in [2.45, 2.75) is 32.4 Å². The summed E-state index contributed by atoms with van der Waals surface area (Å²) in [4.78, 5) is 0. The number of aliphatic hydroxyl groups is 1. The Balaban J connectivity index is 2.29. The first-order valence-corrected chi connectivity index (χ1v) is 11.9. The number of hydrogen-bond acceptors (Lipinski definition) is 2. The van der Waals surface area contributed by atoms with Crippen LogP contribution in [0.3, 0.4) is 0 Å². The van der Waals surface area contributed by atoms with E-state index in [2.05, 4.69) is 45.0 Å². The maximum atomic E-state index is 9.70. The van der Waals surface area contributed by atoms with E-state index in [1.165, 1.54) is 0 Å². The minimum Gasteiger partial charge on any atom is -0.533 e. The molecule has 0 radical (unpaired) electrons. The summed E-state index contributed by atoms with van der Waals surface area (Å²) in [5.74, 6) is 0.546. The summed E-state index contributed by atoms with van der Waals surface area (Å²) in [6.45, 7) is 6.37. The van der Waals surface area contributed by atoms with Crippen LogP contribution < -0.4 is 14.8 Å². The standard InChI is InChI=1S/C23H24Cl2O2Si/c1-23(2,3)28(17-10-6-4-7-11-17,18-12-8-5-9-13-18)27-21-15-14-20(24)19(16-26)22(21)25/h4-15,26H,16H2,1-3H3. The van der Waals surface area contributed by atoms with Crippen LogP contribution in [0.15, 0.2) is 72.8 Å². The Morgan fingerprint density at radius 2 is 1.32 bits per heavy atom. The second-order valence-corrected chi connectivity index (χ2v) is 12.8. The van der Waals surface area contributed by atoms with Crippen LogP contribution in [0.25, 0.3) is 0 Å². The van der Waals surface area contributed by atoms with Crippen molar-refractivity contribution in [3.63, 3.8) is 0 Å². The molecule has 0 spiro atoms. The number of aliphatic hydroxyl groups excluding tert-OH is 1. The van der Waals surface area contributed by atoms with Gasteiger partial charge in [0, 0.05) is 10.6 Å². The van der Waals surface area contributed by atoms with Gasteiger partial charge in [-0.3, -0.25) is 0 Å². The third-order valence-electron chi connectivity index (χ3n) is 4.99. The van der Waals surface area contributed by atoms with Crippen LogP contribution in [-0.2, 0) is 6.61 Å². The van der Waals surface area contributed by atoms with Crippen molar-refractivity contribution in [3.8, 4) is 5.75 Å². The predicted octanol–water partition coefficient (Wildman–Crippen LogP) is 5.42. The van der Waals surface area contributed by atoms with Crippen LogP contribution in [0, 0.1) is 0 Å². The van der Waals surface area contributed by atoms with Gasteiger partial charge in [0.15, 0.2) is 0 Å². The molecule has 0 aromatic heterocycles. The van der Waals surface area contributed by atoms with Crippen LogP contribution in [0.5, 0.6) is 5.75 Å². The van der Waals surface area contributed by atoms with Gasteiger partial charge in [0.25, 0.3) is 0 Å². The molecule has 3 rings (SSSR count). The highest BCUT2D eigenvalue weighted by Crippen LogP contribution is 2.41. The van der Waals surface area contributed by atoms with Gasteiger partial charge < -0.3 is 9.53 Å². The molecule has 146 valence electrons. The summed E-state index contributed by atoms with van der Waals surface area (Å²) in [7, 11) is -2.78. The molecule has 28 heavy (non-hydrogen) atoms. The van der Waals surface area contributed by atoms with Crippen molar-refractivity contribution in [1.29, 1.82) is 0 Å². The molecule has 2 nitrogen and oxygen atoms in total. The summed E-state index contributed by atoms with van der Waals surface area (Å²) >= 11 is 12.8. The number of halogens is 2. The Morgan fingerprint density at radius 1 is 0.821 bits per heavy atom. The molecule has 0 atom stereocenters. The summed E-state index contributed by atoms with van der Waals surface area (Å²) in [5.41, 5.74) is 0.485. The predicted molar refractivity (Wildman–Crippen MR) is 121 cm³/mol. The molecule has 0 heterocycles. The van der Waals surface area contributed by atoms with E-state index in [0.29, 0.717) is 21.4 Å². The van der Waals surface area contributed by atoms with E-state index < -0.39 is 8.32 Å². The molecule has 3 aromatic rings. The van der Waals surface area contributed by atoms with Gasteiger partial charge in [0.1, 0.15) is 5.75 Å². The first-order chi connectivity index (χ1) is 13.3. The highest BCUT2D eigenvalue weighted by molar-refractivity contribution is 7.00. The lowest BCUT2D eigenvalue weighted by atomic mass is 10.2. The van der Waals surface area contributed by atoms with E-state index in [1.54, 1.807) is 12.1 Å². The summed E-state index contributed by atoms with van der Waals surface area (Å²) in [6.07, 6.45) is 0. The van der Waals surface area contributed by atoms with Crippen LogP contribution in [0.1, 0.15) is 26.3 Å². The lowest BCUT2D eigenvalue weighted by molar-refractivity contribution is 0.281. The lowest BCUT2D eigenvalue weighted by Crippen LogP contribution is -2.68. The van der Waals surface area contributed by atoms with Crippen LogP contribution in [0.2, 0.25) is 15.1 Å². The monoisotopic (exact) mass is 430 g/mol. The maximum Gasteiger partial charge on any atom is 0.320 e. The van der Waals surface area contributed by atoms with Crippen LogP contribution in [0.4, 0.5) is 0 Å². The minimum absolute atomic E-state index is 0.182. The second-order valence-electron chi connectivity index (χ2n) is 7.76. The summed E-state index contributed by atoms with van der Waals surface area (Å²) in [6, 6.07) is 24.2. The molecule has 5 heteroatoms. The molecule has 0 amide bonds. The van der Waals surface area contributed by atoms with E-state index in [4.69, 9.17) is 27.6 Å². The van der Waals surface area contributed by atoms with Crippen molar-refractivity contribution >= 4 is 41.9 Å². The quantitative estimate of drug-likeness (QED) is 0.547. The normalized spacial score (nSPS) is 12.1. The van der Waals surface area contributed by atoms with Crippen LogP contribution in [-0.4, -0.2) is 13.4 Å². The van der Waals surface area contributed by atoms with Crippen molar-refractivity contribution < 1.29 is 9.53 Å². The number of hydrogen-bond donors (Lipinski definition) is 1. The molecule has 0 saturated carbocycles. The molecule has 0 aliphatic heterocycles. The van der Waals surface area contributed by atoms with E-state index in [9.17, 15) is 5.11 Å². The fourth-order valence-electron chi connectivity index (χ4n) is 3.61. The van der Waals surface area contributed by atoms with E-state index in [0.717, 1.165) is 10.4 Å². The summed E-state index contributed by atoms with van der Waals surface area (Å²) in [5, 5.41) is 12.6. The third-order valence-corrected chi connectivity index (χ3v) is 10.7. The van der Waals surface area contributed by atoms with Crippen molar-refractivity contribution in [2.75, 3.05) is 0 Å². The Hall–Kier alpha value is -1.78. The third kappa shape index (κ3) is 3.72. The lowest BCUT2D eigenvalue weighted by Gasteiger charge is -2.43. The van der Waals surface area contributed by atoms with Gasteiger partial charge in [-0.2, -0.15) is 0 Å². The Labute approximate surface area is 177 Å². The molecular formula is C23H24Cl2O2Si.